The van der Waals surface area contributed by atoms with Gasteiger partial charge in [0, 0.05) is 6.42 Å². The van der Waals surface area contributed by atoms with Crippen LogP contribution < -0.4 is 0 Å². The van der Waals surface area contributed by atoms with Crippen molar-refractivity contribution in [2.75, 3.05) is 0 Å². The van der Waals surface area contributed by atoms with E-state index in [9.17, 15) is 5.11 Å². The third-order valence-electron chi connectivity index (χ3n) is 3.41. The zero-order valence-corrected chi connectivity index (χ0v) is 13.2. The summed E-state index contributed by atoms with van der Waals surface area (Å²) in [4.78, 5) is 0. The number of rotatable bonds is 13. The van der Waals surface area contributed by atoms with Crippen LogP contribution >= 0.6 is 0 Å². The van der Waals surface area contributed by atoms with Gasteiger partial charge in [-0.1, -0.05) is 70.9 Å². The summed E-state index contributed by atoms with van der Waals surface area (Å²) in [7, 11) is 0. The average Bonchev–Trinajstić information content (AvgIpc) is 2.42. The minimum atomic E-state index is 0.537. The lowest BCUT2D eigenvalue weighted by Crippen LogP contribution is -1.80. The van der Waals surface area contributed by atoms with Gasteiger partial charge in [-0.2, -0.15) is 0 Å². The van der Waals surface area contributed by atoms with E-state index in [0.29, 0.717) is 12.2 Å². The van der Waals surface area contributed by atoms with Gasteiger partial charge in [-0.25, -0.2) is 0 Å². The third-order valence-corrected chi connectivity index (χ3v) is 3.41. The quantitative estimate of drug-likeness (QED) is 0.223. The number of unbranched alkanes of at least 4 members (excludes halogenated alkanes) is 9. The molecule has 0 atom stereocenters. The van der Waals surface area contributed by atoms with Gasteiger partial charge in [0.05, 0.1) is 5.76 Å². The SMILES string of the molecule is CCCCC/C=C(/O)C/C=C\CCCCCCCC. The highest BCUT2D eigenvalue weighted by Crippen LogP contribution is 2.08. The molecule has 0 aromatic heterocycles. The van der Waals surface area contributed by atoms with Gasteiger partial charge in [0.1, 0.15) is 0 Å². The molecule has 0 radical (unpaired) electrons. The second-order valence-corrected chi connectivity index (χ2v) is 5.42. The number of hydrogen-bond donors (Lipinski definition) is 1. The highest BCUT2D eigenvalue weighted by atomic mass is 16.3. The van der Waals surface area contributed by atoms with E-state index < -0.39 is 0 Å². The first kappa shape index (κ1) is 18.3. The zero-order chi connectivity index (χ0) is 14.2. The normalized spacial score (nSPS) is 12.4. The Balaban J connectivity index is 3.36. The van der Waals surface area contributed by atoms with Crippen molar-refractivity contribution in [2.24, 2.45) is 0 Å². The molecular weight excluding hydrogens is 232 g/mol. The van der Waals surface area contributed by atoms with Crippen LogP contribution in [0.2, 0.25) is 0 Å². The summed E-state index contributed by atoms with van der Waals surface area (Å²) in [5.74, 6) is 0.537. The first-order valence-corrected chi connectivity index (χ1v) is 8.34. The van der Waals surface area contributed by atoms with E-state index in [2.05, 4.69) is 26.0 Å². The molecule has 19 heavy (non-hydrogen) atoms. The molecule has 0 aromatic carbocycles. The summed E-state index contributed by atoms with van der Waals surface area (Å²) in [5, 5.41) is 9.66. The first-order chi connectivity index (χ1) is 9.31. The minimum Gasteiger partial charge on any atom is -0.512 e. The maximum Gasteiger partial charge on any atom is 0.0920 e. The molecule has 0 spiro atoms. The van der Waals surface area contributed by atoms with Gasteiger partial charge >= 0.3 is 0 Å². The molecule has 1 heteroatoms. The summed E-state index contributed by atoms with van der Waals surface area (Å²) in [6.45, 7) is 4.46. The lowest BCUT2D eigenvalue weighted by molar-refractivity contribution is 0.397. The van der Waals surface area contributed by atoms with E-state index >= 15 is 0 Å². The van der Waals surface area contributed by atoms with Gasteiger partial charge in [-0.15, -0.1) is 0 Å². The maximum atomic E-state index is 9.66. The summed E-state index contributed by atoms with van der Waals surface area (Å²) >= 11 is 0. The van der Waals surface area contributed by atoms with E-state index in [1.807, 2.05) is 6.08 Å². The zero-order valence-electron chi connectivity index (χ0n) is 13.2. The third kappa shape index (κ3) is 15.2. The average molecular weight is 266 g/mol. The van der Waals surface area contributed by atoms with Gasteiger partial charge in [0.2, 0.25) is 0 Å². The Bertz CT molecular complexity index is 228. The van der Waals surface area contributed by atoms with Gasteiger partial charge in [0.25, 0.3) is 0 Å². The lowest BCUT2D eigenvalue weighted by Gasteiger charge is -1.98. The van der Waals surface area contributed by atoms with Crippen LogP contribution in [0.3, 0.4) is 0 Å². The predicted octanol–water partition coefficient (Wildman–Crippen LogP) is 6.71. The van der Waals surface area contributed by atoms with Gasteiger partial charge in [0.15, 0.2) is 0 Å². The molecular formula is C18H34O. The Morgan fingerprint density at radius 2 is 1.32 bits per heavy atom. The fourth-order valence-corrected chi connectivity index (χ4v) is 2.11. The smallest absolute Gasteiger partial charge is 0.0920 e. The molecule has 1 nitrogen and oxygen atoms in total. The van der Waals surface area contributed by atoms with Crippen LogP contribution in [-0.4, -0.2) is 5.11 Å². The van der Waals surface area contributed by atoms with E-state index in [1.54, 1.807) is 0 Å². The van der Waals surface area contributed by atoms with Gasteiger partial charge in [-0.05, 0) is 31.8 Å². The van der Waals surface area contributed by atoms with Crippen molar-refractivity contribution in [1.82, 2.24) is 0 Å². The standard InChI is InChI=1S/C18H34O/c1-3-5-7-9-10-11-12-13-15-17-18(19)16-14-8-6-4-2/h13,15-16,19H,3-12,14,17H2,1-2H3/b15-13-,18-16+. The van der Waals surface area contributed by atoms with Crippen LogP contribution in [0.1, 0.15) is 90.9 Å². The summed E-state index contributed by atoms with van der Waals surface area (Å²) in [6.07, 6.45) is 21.0. The second-order valence-electron chi connectivity index (χ2n) is 5.42. The topological polar surface area (TPSA) is 20.2 Å². The molecule has 0 unspecified atom stereocenters. The Morgan fingerprint density at radius 3 is 2.05 bits per heavy atom. The van der Waals surface area contributed by atoms with Crippen molar-refractivity contribution in [3.63, 3.8) is 0 Å². The molecule has 0 amide bonds. The molecule has 0 aliphatic rings. The maximum absolute atomic E-state index is 9.66. The fourth-order valence-electron chi connectivity index (χ4n) is 2.11. The Kier molecular flexibility index (Phi) is 14.8. The second kappa shape index (κ2) is 15.3. The van der Waals surface area contributed by atoms with E-state index in [4.69, 9.17) is 0 Å². The number of hydrogen-bond acceptors (Lipinski definition) is 1. The fraction of sp³-hybridized carbons (Fsp3) is 0.778. The van der Waals surface area contributed by atoms with Crippen LogP contribution in [0.25, 0.3) is 0 Å². The Morgan fingerprint density at radius 1 is 0.737 bits per heavy atom. The van der Waals surface area contributed by atoms with Crippen molar-refractivity contribution in [1.29, 1.82) is 0 Å². The molecule has 0 rings (SSSR count). The lowest BCUT2D eigenvalue weighted by atomic mass is 10.1. The van der Waals surface area contributed by atoms with Crippen molar-refractivity contribution < 1.29 is 5.11 Å². The van der Waals surface area contributed by atoms with Crippen molar-refractivity contribution >= 4 is 0 Å². The number of aliphatic hydroxyl groups is 1. The Labute approximate surface area is 120 Å². The predicted molar refractivity (Wildman–Crippen MR) is 86.6 cm³/mol. The van der Waals surface area contributed by atoms with Gasteiger partial charge in [-0.3, -0.25) is 0 Å². The molecule has 0 saturated heterocycles. The molecule has 0 bridgehead atoms. The van der Waals surface area contributed by atoms with Crippen LogP contribution in [-0.2, 0) is 0 Å². The summed E-state index contributed by atoms with van der Waals surface area (Å²) < 4.78 is 0. The first-order valence-electron chi connectivity index (χ1n) is 8.34. The summed E-state index contributed by atoms with van der Waals surface area (Å²) in [6, 6.07) is 0. The van der Waals surface area contributed by atoms with E-state index in [0.717, 1.165) is 12.8 Å². The van der Waals surface area contributed by atoms with Crippen LogP contribution in [0, 0.1) is 0 Å². The molecule has 0 aromatic rings. The number of aliphatic hydroxyl groups excluding tert-OH is 1. The Hall–Kier alpha value is -0.720. The molecule has 0 heterocycles. The number of allylic oxidation sites excluding steroid dienone is 3. The van der Waals surface area contributed by atoms with Crippen LogP contribution in [0.15, 0.2) is 24.0 Å². The van der Waals surface area contributed by atoms with Crippen LogP contribution in [0.5, 0.6) is 0 Å². The summed E-state index contributed by atoms with van der Waals surface area (Å²) in [5.41, 5.74) is 0. The van der Waals surface area contributed by atoms with Crippen LogP contribution in [0.4, 0.5) is 0 Å². The highest BCUT2D eigenvalue weighted by molar-refractivity contribution is 4.99. The molecule has 0 aliphatic heterocycles. The molecule has 0 fully saturated rings. The molecule has 0 saturated carbocycles. The van der Waals surface area contributed by atoms with E-state index in [-0.39, 0.29) is 0 Å². The van der Waals surface area contributed by atoms with E-state index in [1.165, 1.54) is 57.8 Å². The molecule has 1 N–H and O–H groups in total. The largest absolute Gasteiger partial charge is 0.512 e. The highest BCUT2D eigenvalue weighted by Gasteiger charge is 1.91. The van der Waals surface area contributed by atoms with Gasteiger partial charge < -0.3 is 5.11 Å². The molecule has 0 aliphatic carbocycles. The monoisotopic (exact) mass is 266 g/mol. The van der Waals surface area contributed by atoms with Crippen molar-refractivity contribution in [3.05, 3.63) is 24.0 Å². The molecule has 112 valence electrons. The minimum absolute atomic E-state index is 0.537. The van der Waals surface area contributed by atoms with Crippen molar-refractivity contribution in [3.8, 4) is 0 Å². The van der Waals surface area contributed by atoms with Crippen molar-refractivity contribution in [2.45, 2.75) is 90.9 Å².